The molecule has 0 N–H and O–H groups in total. The molecule has 0 saturated carbocycles. The van der Waals surface area contributed by atoms with Gasteiger partial charge >= 0.3 is 5.97 Å². The lowest BCUT2D eigenvalue weighted by Gasteiger charge is -2.13. The average molecular weight is 611 g/mol. The van der Waals surface area contributed by atoms with E-state index in [-0.39, 0.29) is 30.5 Å². The van der Waals surface area contributed by atoms with Crippen LogP contribution in [0.3, 0.4) is 0 Å². The molecule has 5 aromatic rings. The lowest BCUT2D eigenvalue weighted by atomic mass is 10.2. The highest BCUT2D eigenvalue weighted by molar-refractivity contribution is 9.10. The Balaban J connectivity index is 1.65. The molecule has 3 aromatic carbocycles. The number of para-hydroxylation sites is 1. The van der Waals surface area contributed by atoms with E-state index in [0.717, 1.165) is 14.5 Å². The Morgan fingerprint density at radius 2 is 2.00 bits per heavy atom. The summed E-state index contributed by atoms with van der Waals surface area (Å²) in [6.45, 7) is 1.56. The number of halogens is 2. The van der Waals surface area contributed by atoms with Crippen LogP contribution >= 0.6 is 27.5 Å². The summed E-state index contributed by atoms with van der Waals surface area (Å²) in [6, 6.07) is 17.5. The fourth-order valence-electron chi connectivity index (χ4n) is 3.96. The highest BCUT2D eigenvalue weighted by atomic mass is 79.9. The van der Waals surface area contributed by atoms with E-state index >= 15 is 0 Å². The maximum Gasteiger partial charge on any atom is 0.344 e. The molecule has 9 nitrogen and oxygen atoms in total. The molecule has 0 spiro atoms. The molecular formula is C28H21BrClN3O6. The van der Waals surface area contributed by atoms with Crippen molar-refractivity contribution < 1.29 is 23.4 Å². The first-order chi connectivity index (χ1) is 18.9. The molecular weight excluding hydrogens is 590 g/mol. The van der Waals surface area contributed by atoms with Gasteiger partial charge in [-0.05, 0) is 49.4 Å². The molecule has 11 heteroatoms. The quantitative estimate of drug-likeness (QED) is 0.155. The van der Waals surface area contributed by atoms with E-state index in [0.29, 0.717) is 32.8 Å². The molecule has 0 fully saturated rings. The molecule has 0 aliphatic rings. The fraction of sp³-hybridized carbons (Fsp3) is 0.143. The van der Waals surface area contributed by atoms with Crippen LogP contribution in [0.5, 0.6) is 11.5 Å². The van der Waals surface area contributed by atoms with Crippen LogP contribution in [0.4, 0.5) is 0 Å². The lowest BCUT2D eigenvalue weighted by Crippen LogP contribution is -2.20. The molecule has 0 aliphatic carbocycles. The number of carbonyl (C=O) groups excluding carboxylic acids is 1. The monoisotopic (exact) mass is 609 g/mol. The van der Waals surface area contributed by atoms with E-state index in [1.54, 1.807) is 49.4 Å². The Labute approximate surface area is 235 Å². The average Bonchev–Trinajstić information content (AvgIpc) is 3.34. The SMILES string of the molecule is CCOC(=O)COc1c(C=Nn2c(-c3cc4cc(Br)ccc4o3)nc3ccccc3c2=O)cc(Cl)cc1OC. The minimum atomic E-state index is -0.550. The third-order valence-electron chi connectivity index (χ3n) is 5.67. The van der Waals surface area contributed by atoms with Gasteiger partial charge in [0.25, 0.3) is 5.56 Å². The molecule has 0 atom stereocenters. The highest BCUT2D eigenvalue weighted by Gasteiger charge is 2.18. The zero-order valence-electron chi connectivity index (χ0n) is 20.8. The summed E-state index contributed by atoms with van der Waals surface area (Å²) in [7, 11) is 1.44. The molecule has 0 radical (unpaired) electrons. The van der Waals surface area contributed by atoms with Gasteiger partial charge in [-0.2, -0.15) is 9.78 Å². The van der Waals surface area contributed by atoms with Crippen molar-refractivity contribution in [2.75, 3.05) is 20.3 Å². The van der Waals surface area contributed by atoms with E-state index in [2.05, 4.69) is 21.0 Å². The maximum atomic E-state index is 13.6. The molecule has 2 aromatic heterocycles. The molecule has 0 unspecified atom stereocenters. The van der Waals surface area contributed by atoms with Crippen LogP contribution in [0.1, 0.15) is 12.5 Å². The summed E-state index contributed by atoms with van der Waals surface area (Å²) in [5.41, 5.74) is 1.08. The second-order valence-corrected chi connectivity index (χ2v) is 9.58. The van der Waals surface area contributed by atoms with E-state index in [9.17, 15) is 9.59 Å². The second-order valence-electron chi connectivity index (χ2n) is 8.23. The molecule has 2 heterocycles. The molecule has 198 valence electrons. The summed E-state index contributed by atoms with van der Waals surface area (Å²) < 4.78 is 24.1. The minimum absolute atomic E-state index is 0.199. The van der Waals surface area contributed by atoms with Crippen molar-refractivity contribution in [2.24, 2.45) is 5.10 Å². The van der Waals surface area contributed by atoms with Gasteiger partial charge in [-0.3, -0.25) is 4.79 Å². The van der Waals surface area contributed by atoms with Crippen LogP contribution in [0.2, 0.25) is 5.02 Å². The number of methoxy groups -OCH3 is 1. The number of benzene rings is 3. The Morgan fingerprint density at radius 1 is 1.18 bits per heavy atom. The van der Waals surface area contributed by atoms with Crippen LogP contribution in [0.25, 0.3) is 33.5 Å². The van der Waals surface area contributed by atoms with Crippen LogP contribution in [-0.4, -0.2) is 42.2 Å². The highest BCUT2D eigenvalue weighted by Crippen LogP contribution is 2.34. The van der Waals surface area contributed by atoms with Crippen LogP contribution < -0.4 is 15.0 Å². The fourth-order valence-corrected chi connectivity index (χ4v) is 4.55. The summed E-state index contributed by atoms with van der Waals surface area (Å²) in [6.07, 6.45) is 1.38. The van der Waals surface area contributed by atoms with Gasteiger partial charge in [-0.15, -0.1) is 0 Å². The second kappa shape index (κ2) is 11.3. The standard InChI is InChI=1S/C28H21BrClN3O6/c1-3-37-25(34)15-38-26-17(11-19(30)13-23(26)36-2)14-31-33-27(32-21-7-5-4-6-20(21)28(33)35)24-12-16-10-18(29)8-9-22(16)39-24/h4-14H,3,15H2,1-2H3. The van der Waals surface area contributed by atoms with Gasteiger partial charge < -0.3 is 18.6 Å². The van der Waals surface area contributed by atoms with E-state index in [1.165, 1.54) is 13.3 Å². The number of esters is 1. The predicted octanol–water partition coefficient (Wildman–Crippen LogP) is 6.06. The van der Waals surface area contributed by atoms with Crippen molar-refractivity contribution >= 4 is 61.6 Å². The van der Waals surface area contributed by atoms with Gasteiger partial charge in [0, 0.05) is 26.5 Å². The number of aromatic nitrogens is 2. The van der Waals surface area contributed by atoms with Gasteiger partial charge in [0.2, 0.25) is 5.82 Å². The summed E-state index contributed by atoms with van der Waals surface area (Å²) >= 11 is 9.76. The first-order valence-electron chi connectivity index (χ1n) is 11.8. The predicted molar refractivity (Wildman–Crippen MR) is 152 cm³/mol. The van der Waals surface area contributed by atoms with Gasteiger partial charge in [-0.25, -0.2) is 9.78 Å². The van der Waals surface area contributed by atoms with Crippen molar-refractivity contribution in [1.29, 1.82) is 0 Å². The first kappa shape index (κ1) is 26.5. The first-order valence-corrected chi connectivity index (χ1v) is 13.0. The van der Waals surface area contributed by atoms with E-state index in [4.69, 9.17) is 35.2 Å². The summed E-state index contributed by atoms with van der Waals surface area (Å²) in [4.78, 5) is 30.2. The van der Waals surface area contributed by atoms with Gasteiger partial charge in [0.1, 0.15) is 5.58 Å². The normalized spacial score (nSPS) is 11.4. The van der Waals surface area contributed by atoms with Crippen LogP contribution in [-0.2, 0) is 9.53 Å². The topological polar surface area (TPSA) is 105 Å². The zero-order chi connectivity index (χ0) is 27.5. The van der Waals surface area contributed by atoms with Crippen molar-refractivity contribution in [3.8, 4) is 23.1 Å². The third-order valence-corrected chi connectivity index (χ3v) is 6.38. The Bertz CT molecular complexity index is 1800. The van der Waals surface area contributed by atoms with Gasteiger partial charge in [0.05, 0.1) is 30.8 Å². The largest absolute Gasteiger partial charge is 0.493 e. The molecule has 5 rings (SSSR count). The lowest BCUT2D eigenvalue weighted by molar-refractivity contribution is -0.145. The number of rotatable bonds is 8. The van der Waals surface area contributed by atoms with Crippen molar-refractivity contribution in [2.45, 2.75) is 6.92 Å². The van der Waals surface area contributed by atoms with Crippen molar-refractivity contribution in [1.82, 2.24) is 9.66 Å². The Hall–Kier alpha value is -4.15. The Kier molecular flexibility index (Phi) is 7.67. The Morgan fingerprint density at radius 3 is 2.79 bits per heavy atom. The molecule has 0 amide bonds. The van der Waals surface area contributed by atoms with E-state index in [1.807, 2.05) is 18.2 Å². The van der Waals surface area contributed by atoms with E-state index < -0.39 is 11.5 Å². The number of hydrogen-bond donors (Lipinski definition) is 0. The number of furan rings is 1. The summed E-state index contributed by atoms with van der Waals surface area (Å²) in [5, 5.41) is 6.00. The van der Waals surface area contributed by atoms with Crippen molar-refractivity contribution in [3.05, 3.63) is 86.1 Å². The third kappa shape index (κ3) is 5.52. The van der Waals surface area contributed by atoms with Gasteiger partial charge in [-0.1, -0.05) is 39.7 Å². The van der Waals surface area contributed by atoms with Crippen molar-refractivity contribution in [3.63, 3.8) is 0 Å². The smallest absolute Gasteiger partial charge is 0.344 e. The number of nitrogens with zero attached hydrogens (tertiary/aromatic N) is 3. The molecule has 0 saturated heterocycles. The van der Waals surface area contributed by atoms with Gasteiger partial charge in [0.15, 0.2) is 23.9 Å². The zero-order valence-corrected chi connectivity index (χ0v) is 23.2. The molecule has 0 bridgehead atoms. The van der Waals surface area contributed by atoms with Crippen LogP contribution in [0, 0.1) is 0 Å². The number of ether oxygens (including phenoxy) is 3. The maximum absolute atomic E-state index is 13.6. The molecule has 0 aliphatic heterocycles. The number of hydrogen-bond acceptors (Lipinski definition) is 8. The number of fused-ring (bicyclic) bond motifs is 2. The minimum Gasteiger partial charge on any atom is -0.493 e. The molecule has 39 heavy (non-hydrogen) atoms. The van der Waals surface area contributed by atoms with Crippen LogP contribution in [0.15, 0.2) is 79.4 Å². The summed E-state index contributed by atoms with van der Waals surface area (Å²) in [5.74, 6) is 0.484. The number of carbonyl (C=O) groups is 1.